The number of nitrogens with two attached hydrogens (primary N) is 1. The average Bonchev–Trinajstić information content (AvgIpc) is 2.46. The fourth-order valence-corrected chi connectivity index (χ4v) is 2.58. The van der Waals surface area contributed by atoms with Gasteiger partial charge in [0.15, 0.2) is 5.78 Å². The fourth-order valence-electron chi connectivity index (χ4n) is 2.58. The number of primary amides is 1. The highest BCUT2D eigenvalue weighted by Crippen LogP contribution is 2.32. The van der Waals surface area contributed by atoms with Crippen molar-refractivity contribution in [1.29, 1.82) is 0 Å². The van der Waals surface area contributed by atoms with Crippen LogP contribution in [-0.2, 0) is 4.79 Å². The summed E-state index contributed by atoms with van der Waals surface area (Å²) in [6, 6.07) is 4.42. The molecule has 1 amide bonds. The number of nitro benzene ring substituents is 1. The number of nitro groups is 1. The second kappa shape index (κ2) is 5.90. The maximum absolute atomic E-state index is 11.4. The molecule has 1 aromatic carbocycles. The van der Waals surface area contributed by atoms with E-state index < -0.39 is 4.92 Å². The van der Waals surface area contributed by atoms with Crippen molar-refractivity contribution in [3.63, 3.8) is 0 Å². The number of rotatable bonds is 4. The number of amides is 1. The summed E-state index contributed by atoms with van der Waals surface area (Å²) in [4.78, 5) is 35.2. The van der Waals surface area contributed by atoms with Gasteiger partial charge in [-0.05, 0) is 31.9 Å². The third kappa shape index (κ3) is 3.18. The van der Waals surface area contributed by atoms with Gasteiger partial charge in [0, 0.05) is 24.7 Å². The number of carbonyl (C=O) groups excluding carboxylic acids is 2. The summed E-state index contributed by atoms with van der Waals surface area (Å²) in [5, 5.41) is 11.2. The topological polar surface area (TPSA) is 107 Å². The Hall–Kier alpha value is -2.44. The van der Waals surface area contributed by atoms with Gasteiger partial charge in [0.2, 0.25) is 5.91 Å². The molecule has 7 heteroatoms. The highest BCUT2D eigenvalue weighted by Gasteiger charge is 2.28. The molecule has 1 fully saturated rings. The van der Waals surface area contributed by atoms with E-state index in [1.54, 1.807) is 17.0 Å². The van der Waals surface area contributed by atoms with Gasteiger partial charge in [-0.3, -0.25) is 19.7 Å². The van der Waals surface area contributed by atoms with Crippen molar-refractivity contribution in [3.05, 3.63) is 33.9 Å². The zero-order valence-corrected chi connectivity index (χ0v) is 11.7. The molecule has 7 nitrogen and oxygen atoms in total. The number of anilines is 1. The average molecular weight is 291 g/mol. The summed E-state index contributed by atoms with van der Waals surface area (Å²) >= 11 is 0. The summed E-state index contributed by atoms with van der Waals surface area (Å²) in [5.74, 6) is -0.910. The monoisotopic (exact) mass is 291 g/mol. The van der Waals surface area contributed by atoms with Crippen LogP contribution < -0.4 is 10.6 Å². The molecule has 0 radical (unpaired) electrons. The zero-order valence-electron chi connectivity index (χ0n) is 11.7. The lowest BCUT2D eigenvalue weighted by atomic mass is 9.96. The van der Waals surface area contributed by atoms with Crippen LogP contribution in [0, 0.1) is 16.0 Å². The highest BCUT2D eigenvalue weighted by molar-refractivity contribution is 5.95. The Morgan fingerprint density at radius 2 is 2.14 bits per heavy atom. The molecule has 1 aromatic rings. The first-order valence-electron chi connectivity index (χ1n) is 6.73. The minimum atomic E-state index is -0.504. The Kier molecular flexibility index (Phi) is 4.21. The minimum absolute atomic E-state index is 0.118. The fraction of sp³-hybridized carbons (Fsp3) is 0.429. The lowest BCUT2D eigenvalue weighted by Gasteiger charge is -2.32. The molecule has 0 aliphatic carbocycles. The van der Waals surface area contributed by atoms with Crippen LogP contribution in [0.25, 0.3) is 0 Å². The Morgan fingerprint density at radius 1 is 1.43 bits per heavy atom. The summed E-state index contributed by atoms with van der Waals surface area (Å²) in [7, 11) is 0. The number of carbonyl (C=O) groups is 2. The van der Waals surface area contributed by atoms with Crippen LogP contribution in [0.1, 0.15) is 30.1 Å². The molecule has 0 bridgehead atoms. The van der Waals surface area contributed by atoms with Crippen molar-refractivity contribution >= 4 is 23.1 Å². The first-order chi connectivity index (χ1) is 9.90. The summed E-state index contributed by atoms with van der Waals surface area (Å²) in [6.45, 7) is 2.36. The third-order valence-electron chi connectivity index (χ3n) is 3.74. The van der Waals surface area contributed by atoms with E-state index in [2.05, 4.69) is 0 Å². The van der Waals surface area contributed by atoms with Gasteiger partial charge in [-0.1, -0.05) is 0 Å². The predicted octanol–water partition coefficient (Wildman–Crippen LogP) is 1.50. The van der Waals surface area contributed by atoms with Gasteiger partial charge in [-0.25, -0.2) is 0 Å². The van der Waals surface area contributed by atoms with Crippen molar-refractivity contribution in [2.45, 2.75) is 19.8 Å². The molecule has 2 N–H and O–H groups in total. The van der Waals surface area contributed by atoms with Gasteiger partial charge in [0.05, 0.1) is 10.8 Å². The van der Waals surface area contributed by atoms with Crippen LogP contribution in [0.4, 0.5) is 11.4 Å². The second-order valence-electron chi connectivity index (χ2n) is 5.20. The second-order valence-corrected chi connectivity index (χ2v) is 5.20. The number of Topliss-reactive ketones (excluding diaryl/α,β-unsaturated/α-hetero) is 1. The largest absolute Gasteiger partial charge is 0.369 e. The summed E-state index contributed by atoms with van der Waals surface area (Å²) in [5.41, 5.74) is 5.93. The maximum atomic E-state index is 11.4. The highest BCUT2D eigenvalue weighted by atomic mass is 16.6. The number of hydrogen-bond donors (Lipinski definition) is 1. The molecule has 1 atom stereocenters. The van der Waals surface area contributed by atoms with E-state index in [1.807, 2.05) is 0 Å². The number of nitrogens with zero attached hydrogens (tertiary/aromatic N) is 2. The molecule has 0 saturated carbocycles. The van der Waals surface area contributed by atoms with Gasteiger partial charge in [0.1, 0.15) is 5.69 Å². The summed E-state index contributed by atoms with van der Waals surface area (Å²) in [6.07, 6.45) is 1.45. The molecule has 21 heavy (non-hydrogen) atoms. The van der Waals surface area contributed by atoms with E-state index in [1.165, 1.54) is 13.0 Å². The summed E-state index contributed by atoms with van der Waals surface area (Å²) < 4.78 is 0. The van der Waals surface area contributed by atoms with E-state index in [0.717, 1.165) is 6.42 Å². The van der Waals surface area contributed by atoms with Crippen LogP contribution in [-0.4, -0.2) is 29.7 Å². The van der Waals surface area contributed by atoms with Gasteiger partial charge < -0.3 is 10.6 Å². The molecule has 1 aliphatic rings. The van der Waals surface area contributed by atoms with Crippen LogP contribution >= 0.6 is 0 Å². The van der Waals surface area contributed by atoms with Crippen LogP contribution in [0.15, 0.2) is 18.2 Å². The lowest BCUT2D eigenvalue weighted by molar-refractivity contribution is -0.384. The molecule has 0 aromatic heterocycles. The molecular weight excluding hydrogens is 274 g/mol. The third-order valence-corrected chi connectivity index (χ3v) is 3.74. The maximum Gasteiger partial charge on any atom is 0.293 e. The van der Waals surface area contributed by atoms with Gasteiger partial charge in [-0.15, -0.1) is 0 Å². The van der Waals surface area contributed by atoms with Gasteiger partial charge in [-0.2, -0.15) is 0 Å². The van der Waals surface area contributed by atoms with E-state index in [-0.39, 0.29) is 23.3 Å². The molecular formula is C14H17N3O4. The van der Waals surface area contributed by atoms with Gasteiger partial charge in [0.25, 0.3) is 5.69 Å². The molecule has 0 spiro atoms. The normalized spacial score (nSPS) is 18.3. The first-order valence-corrected chi connectivity index (χ1v) is 6.73. The van der Waals surface area contributed by atoms with Gasteiger partial charge >= 0.3 is 0 Å². The van der Waals surface area contributed by atoms with Crippen molar-refractivity contribution < 1.29 is 14.5 Å². The molecule has 112 valence electrons. The Balaban J connectivity index is 2.36. The SMILES string of the molecule is CC(=O)c1ccc(N2CCC[C@@H](C(N)=O)C2)c([N+](=O)[O-])c1. The Bertz CT molecular complexity index is 600. The quantitative estimate of drug-likeness (QED) is 0.514. The van der Waals surface area contributed by atoms with Crippen molar-refractivity contribution in [2.24, 2.45) is 11.7 Å². The number of hydrogen-bond acceptors (Lipinski definition) is 5. The molecule has 2 rings (SSSR count). The molecule has 1 saturated heterocycles. The van der Waals surface area contributed by atoms with E-state index in [0.29, 0.717) is 30.8 Å². The van der Waals surface area contributed by atoms with Crippen molar-refractivity contribution in [3.8, 4) is 0 Å². The van der Waals surface area contributed by atoms with Crippen LogP contribution in [0.5, 0.6) is 0 Å². The number of benzene rings is 1. The Morgan fingerprint density at radius 3 is 2.71 bits per heavy atom. The molecule has 0 unspecified atom stereocenters. The van der Waals surface area contributed by atoms with Crippen LogP contribution in [0.3, 0.4) is 0 Å². The Labute approximate surface area is 121 Å². The van der Waals surface area contributed by atoms with E-state index in [9.17, 15) is 19.7 Å². The van der Waals surface area contributed by atoms with Crippen molar-refractivity contribution in [2.75, 3.05) is 18.0 Å². The lowest BCUT2D eigenvalue weighted by Crippen LogP contribution is -2.41. The van der Waals surface area contributed by atoms with Crippen LogP contribution in [0.2, 0.25) is 0 Å². The zero-order chi connectivity index (χ0) is 15.6. The molecule has 1 aliphatic heterocycles. The van der Waals surface area contributed by atoms with E-state index >= 15 is 0 Å². The standard InChI is InChI=1S/C14H17N3O4/c1-9(18)10-4-5-12(13(7-10)17(20)21)16-6-2-3-11(8-16)14(15)19/h4-5,7,11H,2-3,6,8H2,1H3,(H2,15,19)/t11-/m1/s1. The first kappa shape index (κ1) is 15.0. The van der Waals surface area contributed by atoms with E-state index in [4.69, 9.17) is 5.73 Å². The number of piperidine rings is 1. The minimum Gasteiger partial charge on any atom is -0.369 e. The smallest absolute Gasteiger partial charge is 0.293 e. The number of ketones is 1. The van der Waals surface area contributed by atoms with Crippen molar-refractivity contribution in [1.82, 2.24) is 0 Å². The molecule has 1 heterocycles. The predicted molar refractivity (Wildman–Crippen MR) is 77.2 cm³/mol.